The lowest BCUT2D eigenvalue weighted by Gasteiger charge is -2.26. The van der Waals surface area contributed by atoms with Crippen LogP contribution in [-0.4, -0.2) is 35.3 Å². The highest BCUT2D eigenvalue weighted by molar-refractivity contribution is 6.30. The summed E-state index contributed by atoms with van der Waals surface area (Å²) in [7, 11) is 0. The molecule has 1 aromatic rings. The molecule has 2 bridgehead atoms. The minimum absolute atomic E-state index is 0.374. The summed E-state index contributed by atoms with van der Waals surface area (Å²) >= 11 is 5.73. The Balaban J connectivity index is 1.86. The summed E-state index contributed by atoms with van der Waals surface area (Å²) in [6.07, 6.45) is 4.75. The van der Waals surface area contributed by atoms with Crippen LogP contribution >= 0.6 is 11.6 Å². The molecule has 2 fully saturated rings. The molecule has 14 heavy (non-hydrogen) atoms. The molecule has 0 N–H and O–H groups in total. The summed E-state index contributed by atoms with van der Waals surface area (Å²) in [4.78, 5) is 10.6. The second kappa shape index (κ2) is 3.07. The maximum atomic E-state index is 5.73. The van der Waals surface area contributed by atoms with Gasteiger partial charge in [0, 0.05) is 6.54 Å². The van der Waals surface area contributed by atoms with Crippen molar-refractivity contribution in [3.8, 4) is 0 Å². The maximum Gasteiger partial charge on any atom is 0.225 e. The van der Waals surface area contributed by atoms with E-state index in [9.17, 15) is 0 Å². The van der Waals surface area contributed by atoms with Crippen LogP contribution in [0.2, 0.25) is 5.02 Å². The zero-order valence-electron chi connectivity index (χ0n) is 7.56. The lowest BCUT2D eigenvalue weighted by atomic mass is 10.2. The van der Waals surface area contributed by atoms with Crippen LogP contribution in [0.5, 0.6) is 0 Å². The van der Waals surface area contributed by atoms with Crippen LogP contribution in [0.1, 0.15) is 6.42 Å². The number of aromatic nitrogens is 2. The van der Waals surface area contributed by atoms with Crippen molar-refractivity contribution in [1.29, 1.82) is 0 Å². The highest BCUT2D eigenvalue weighted by Crippen LogP contribution is 2.30. The van der Waals surface area contributed by atoms with E-state index in [0.29, 0.717) is 17.2 Å². The highest BCUT2D eigenvalue weighted by Gasteiger charge is 2.40. The molecule has 0 amide bonds. The second-order valence-corrected chi connectivity index (χ2v) is 4.13. The monoisotopic (exact) mass is 211 g/mol. The molecular weight excluding hydrogens is 202 g/mol. The predicted octanol–water partition coefficient (Wildman–Crippen LogP) is 1.11. The molecule has 74 valence electrons. The summed E-state index contributed by atoms with van der Waals surface area (Å²) in [5, 5.41) is 0.578. The molecule has 2 atom stereocenters. The Hall–Kier alpha value is -0.870. The number of rotatable bonds is 1. The van der Waals surface area contributed by atoms with Gasteiger partial charge in [-0.3, -0.25) is 0 Å². The molecular formula is C9H10ClN3O. The fourth-order valence-corrected chi connectivity index (χ4v) is 2.20. The van der Waals surface area contributed by atoms with Crippen LogP contribution in [-0.2, 0) is 4.74 Å². The van der Waals surface area contributed by atoms with E-state index >= 15 is 0 Å². The molecule has 0 aliphatic carbocycles. The zero-order valence-corrected chi connectivity index (χ0v) is 8.31. The Morgan fingerprint density at radius 2 is 2.21 bits per heavy atom. The van der Waals surface area contributed by atoms with Crippen molar-refractivity contribution >= 4 is 17.5 Å². The lowest BCUT2D eigenvalue weighted by molar-refractivity contribution is 0.0986. The van der Waals surface area contributed by atoms with E-state index in [1.54, 1.807) is 12.4 Å². The van der Waals surface area contributed by atoms with Gasteiger partial charge in [0.25, 0.3) is 0 Å². The Morgan fingerprint density at radius 1 is 1.43 bits per heavy atom. The number of hydrogen-bond donors (Lipinski definition) is 0. The summed E-state index contributed by atoms with van der Waals surface area (Å²) in [6.45, 7) is 1.71. The van der Waals surface area contributed by atoms with Gasteiger partial charge in [-0.1, -0.05) is 11.6 Å². The normalized spacial score (nSPS) is 29.9. The number of anilines is 1. The van der Waals surface area contributed by atoms with Crippen molar-refractivity contribution in [3.63, 3.8) is 0 Å². The number of ether oxygens (including phenoxy) is 1. The van der Waals surface area contributed by atoms with E-state index < -0.39 is 0 Å². The van der Waals surface area contributed by atoms with Gasteiger partial charge in [0.15, 0.2) is 0 Å². The predicted molar refractivity (Wildman–Crippen MR) is 52.5 cm³/mol. The van der Waals surface area contributed by atoms with Gasteiger partial charge in [0.05, 0.1) is 36.2 Å². The van der Waals surface area contributed by atoms with Gasteiger partial charge < -0.3 is 9.64 Å². The van der Waals surface area contributed by atoms with Crippen LogP contribution in [0.4, 0.5) is 5.95 Å². The molecule has 2 aliphatic heterocycles. The van der Waals surface area contributed by atoms with Gasteiger partial charge in [0.1, 0.15) is 0 Å². The molecule has 2 aliphatic rings. The van der Waals surface area contributed by atoms with E-state index in [2.05, 4.69) is 14.9 Å². The third-order valence-corrected chi connectivity index (χ3v) is 2.96. The van der Waals surface area contributed by atoms with Gasteiger partial charge in [-0.15, -0.1) is 0 Å². The standard InChI is InChI=1S/C9H10ClN3O/c10-6-2-11-9(12-3-6)13-4-8-1-7(13)5-14-8/h2-3,7-8H,1,4-5H2. The third kappa shape index (κ3) is 1.26. The third-order valence-electron chi connectivity index (χ3n) is 2.76. The average Bonchev–Trinajstić information content (AvgIpc) is 2.80. The van der Waals surface area contributed by atoms with E-state index in [-0.39, 0.29) is 0 Å². The maximum absolute atomic E-state index is 5.73. The fraction of sp³-hybridized carbons (Fsp3) is 0.556. The zero-order chi connectivity index (χ0) is 9.54. The summed E-state index contributed by atoms with van der Waals surface area (Å²) in [6, 6.07) is 0.459. The van der Waals surface area contributed by atoms with Gasteiger partial charge in [-0.2, -0.15) is 0 Å². The van der Waals surface area contributed by atoms with Crippen LogP contribution in [0.15, 0.2) is 12.4 Å². The van der Waals surface area contributed by atoms with E-state index in [0.717, 1.165) is 25.5 Å². The summed E-state index contributed by atoms with van der Waals surface area (Å²) in [5.41, 5.74) is 0. The highest BCUT2D eigenvalue weighted by atomic mass is 35.5. The summed E-state index contributed by atoms with van der Waals surface area (Å²) < 4.78 is 5.50. The van der Waals surface area contributed by atoms with E-state index in [1.165, 1.54) is 0 Å². The van der Waals surface area contributed by atoms with Gasteiger partial charge >= 0.3 is 0 Å². The Kier molecular flexibility index (Phi) is 1.85. The van der Waals surface area contributed by atoms with Crippen LogP contribution in [0.25, 0.3) is 0 Å². The molecule has 2 unspecified atom stereocenters. The second-order valence-electron chi connectivity index (χ2n) is 3.70. The molecule has 0 aromatic carbocycles. The first-order chi connectivity index (χ1) is 6.83. The number of hydrogen-bond acceptors (Lipinski definition) is 4. The number of nitrogens with zero attached hydrogens (tertiary/aromatic N) is 3. The fourth-order valence-electron chi connectivity index (χ4n) is 2.10. The van der Waals surface area contributed by atoms with Gasteiger partial charge in [0.2, 0.25) is 5.95 Å². The quantitative estimate of drug-likeness (QED) is 0.698. The van der Waals surface area contributed by atoms with Crippen LogP contribution in [0, 0.1) is 0 Å². The largest absolute Gasteiger partial charge is 0.374 e. The number of halogens is 1. The Morgan fingerprint density at radius 3 is 2.79 bits per heavy atom. The average molecular weight is 212 g/mol. The molecule has 0 spiro atoms. The van der Waals surface area contributed by atoms with Crippen molar-refractivity contribution < 1.29 is 4.74 Å². The minimum Gasteiger partial charge on any atom is -0.374 e. The van der Waals surface area contributed by atoms with E-state index in [1.807, 2.05) is 0 Å². The molecule has 2 saturated heterocycles. The number of fused-ring (bicyclic) bond motifs is 2. The summed E-state index contributed by atoms with van der Waals surface area (Å²) in [5.74, 6) is 0.769. The molecule has 4 nitrogen and oxygen atoms in total. The molecule has 1 aromatic heterocycles. The first kappa shape index (κ1) is 8.44. The first-order valence-corrected chi connectivity index (χ1v) is 5.06. The first-order valence-electron chi connectivity index (χ1n) is 4.69. The van der Waals surface area contributed by atoms with Crippen molar-refractivity contribution in [2.24, 2.45) is 0 Å². The smallest absolute Gasteiger partial charge is 0.225 e. The number of morpholine rings is 1. The van der Waals surface area contributed by atoms with Gasteiger partial charge in [-0.25, -0.2) is 9.97 Å². The Bertz CT molecular complexity index is 342. The van der Waals surface area contributed by atoms with Crippen molar-refractivity contribution in [2.75, 3.05) is 18.1 Å². The van der Waals surface area contributed by atoms with Crippen molar-refractivity contribution in [3.05, 3.63) is 17.4 Å². The molecule has 0 saturated carbocycles. The minimum atomic E-state index is 0.374. The lowest BCUT2D eigenvalue weighted by Crippen LogP contribution is -2.37. The van der Waals surface area contributed by atoms with Crippen LogP contribution < -0.4 is 4.90 Å². The molecule has 5 heteroatoms. The Labute approximate surface area is 86.9 Å². The molecule has 3 heterocycles. The SMILES string of the molecule is Clc1cnc(N2CC3CC2CO3)nc1. The molecule has 0 radical (unpaired) electrons. The van der Waals surface area contributed by atoms with Crippen molar-refractivity contribution in [1.82, 2.24) is 9.97 Å². The van der Waals surface area contributed by atoms with Gasteiger partial charge in [-0.05, 0) is 6.42 Å². The van der Waals surface area contributed by atoms with E-state index in [4.69, 9.17) is 16.3 Å². The van der Waals surface area contributed by atoms with Crippen LogP contribution in [0.3, 0.4) is 0 Å². The molecule has 3 rings (SSSR count). The van der Waals surface area contributed by atoms with Crippen molar-refractivity contribution in [2.45, 2.75) is 18.6 Å². The topological polar surface area (TPSA) is 38.2 Å².